The summed E-state index contributed by atoms with van der Waals surface area (Å²) in [5.74, 6) is 1.41. The molecule has 1 fully saturated rings. The van der Waals surface area contributed by atoms with Crippen LogP contribution < -0.4 is 10.3 Å². The summed E-state index contributed by atoms with van der Waals surface area (Å²) in [4.78, 5) is 12.0. The number of nitrogens with zero attached hydrogens (tertiary/aromatic N) is 3. The van der Waals surface area contributed by atoms with Gasteiger partial charge in [0.05, 0.1) is 12.8 Å². The molecule has 5 nitrogen and oxygen atoms in total. The van der Waals surface area contributed by atoms with E-state index in [1.54, 1.807) is 13.2 Å². The maximum Gasteiger partial charge on any atom is 0.274 e. The van der Waals surface area contributed by atoms with Crippen LogP contribution in [0.5, 0.6) is 5.75 Å². The Bertz CT molecular complexity index is 889. The third kappa shape index (κ3) is 2.74. The van der Waals surface area contributed by atoms with Gasteiger partial charge in [-0.3, -0.25) is 4.79 Å². The molecular weight excluding hydrogens is 290 g/mol. The molecule has 1 aliphatic carbocycles. The Morgan fingerprint density at radius 2 is 2.00 bits per heavy atom. The molecule has 1 aromatic carbocycles. The maximum absolute atomic E-state index is 12.0. The Balaban J connectivity index is 1.60. The first-order chi connectivity index (χ1) is 11.2. The molecule has 0 bridgehead atoms. The van der Waals surface area contributed by atoms with E-state index in [0.29, 0.717) is 5.92 Å². The summed E-state index contributed by atoms with van der Waals surface area (Å²) in [7, 11) is 1.67. The first-order valence-electron chi connectivity index (χ1n) is 7.96. The summed E-state index contributed by atoms with van der Waals surface area (Å²) in [6, 6.07) is 11.7. The lowest BCUT2D eigenvalue weighted by Crippen LogP contribution is -2.17. The fourth-order valence-corrected chi connectivity index (χ4v) is 2.87. The molecule has 0 saturated heterocycles. The van der Waals surface area contributed by atoms with Crippen LogP contribution in [0.25, 0.3) is 5.65 Å². The Kier molecular flexibility index (Phi) is 3.41. The fourth-order valence-electron chi connectivity index (χ4n) is 2.87. The van der Waals surface area contributed by atoms with Gasteiger partial charge in [-0.25, -0.2) is 0 Å². The molecule has 118 valence electrons. The van der Waals surface area contributed by atoms with Crippen LogP contribution in [0.3, 0.4) is 0 Å². The van der Waals surface area contributed by atoms with Crippen LogP contribution in [-0.2, 0) is 13.0 Å². The van der Waals surface area contributed by atoms with Gasteiger partial charge in [0.25, 0.3) is 5.56 Å². The monoisotopic (exact) mass is 309 g/mol. The first-order valence-corrected chi connectivity index (χ1v) is 7.96. The van der Waals surface area contributed by atoms with E-state index in [0.717, 1.165) is 30.1 Å². The van der Waals surface area contributed by atoms with Crippen molar-refractivity contribution < 1.29 is 4.74 Å². The Hall–Kier alpha value is -2.56. The highest BCUT2D eigenvalue weighted by atomic mass is 16.5. The highest BCUT2D eigenvalue weighted by molar-refractivity contribution is 5.42. The fraction of sp³-hybridized carbons (Fsp3) is 0.333. The van der Waals surface area contributed by atoms with Crippen LogP contribution in [-0.4, -0.2) is 21.3 Å². The summed E-state index contributed by atoms with van der Waals surface area (Å²) in [6.45, 7) is 0.811. The first kappa shape index (κ1) is 14.1. The summed E-state index contributed by atoms with van der Waals surface area (Å²) in [5.41, 5.74) is 3.11. The predicted octanol–water partition coefficient (Wildman–Crippen LogP) is 2.62. The van der Waals surface area contributed by atoms with Gasteiger partial charge in [0, 0.05) is 30.8 Å². The van der Waals surface area contributed by atoms with Gasteiger partial charge in [0.15, 0.2) is 0 Å². The molecule has 5 heteroatoms. The molecule has 0 N–H and O–H groups in total. The van der Waals surface area contributed by atoms with Crippen molar-refractivity contribution in [2.75, 3.05) is 7.11 Å². The Labute approximate surface area is 134 Å². The molecule has 0 aliphatic heterocycles. The van der Waals surface area contributed by atoms with Crippen LogP contribution in [0.1, 0.15) is 30.0 Å². The van der Waals surface area contributed by atoms with E-state index in [-0.39, 0.29) is 5.56 Å². The van der Waals surface area contributed by atoms with Gasteiger partial charge in [-0.05, 0) is 37.0 Å². The van der Waals surface area contributed by atoms with E-state index in [4.69, 9.17) is 4.74 Å². The van der Waals surface area contributed by atoms with Gasteiger partial charge in [-0.2, -0.15) is 9.61 Å². The van der Waals surface area contributed by atoms with E-state index < -0.39 is 0 Å². The van der Waals surface area contributed by atoms with E-state index in [9.17, 15) is 4.79 Å². The molecule has 0 spiro atoms. The van der Waals surface area contributed by atoms with Crippen molar-refractivity contribution in [1.82, 2.24) is 14.2 Å². The number of hydrogen-bond donors (Lipinski definition) is 0. The lowest BCUT2D eigenvalue weighted by molar-refractivity contribution is 0.414. The number of rotatable bonds is 5. The lowest BCUT2D eigenvalue weighted by Gasteiger charge is -2.08. The SMILES string of the molecule is COc1ccc(CCn2ccc(=O)n3nc(C4CC4)cc23)cc1. The number of hydrogen-bond acceptors (Lipinski definition) is 3. The molecule has 1 aliphatic rings. The summed E-state index contributed by atoms with van der Waals surface area (Å²) >= 11 is 0. The summed E-state index contributed by atoms with van der Waals surface area (Å²) in [6.07, 6.45) is 5.12. The van der Waals surface area contributed by atoms with E-state index in [2.05, 4.69) is 27.9 Å². The van der Waals surface area contributed by atoms with E-state index in [1.807, 2.05) is 18.3 Å². The molecule has 2 aromatic heterocycles. The van der Waals surface area contributed by atoms with Gasteiger partial charge >= 0.3 is 0 Å². The molecule has 0 atom stereocenters. The minimum absolute atomic E-state index is 0.0624. The Morgan fingerprint density at radius 3 is 2.70 bits per heavy atom. The largest absolute Gasteiger partial charge is 0.497 e. The second-order valence-corrected chi connectivity index (χ2v) is 6.06. The summed E-state index contributed by atoms with van der Waals surface area (Å²) in [5, 5.41) is 4.48. The van der Waals surface area contributed by atoms with Gasteiger partial charge in [-0.1, -0.05) is 12.1 Å². The number of methoxy groups -OCH3 is 1. The third-order valence-corrected chi connectivity index (χ3v) is 4.41. The quantitative estimate of drug-likeness (QED) is 0.728. The summed E-state index contributed by atoms with van der Waals surface area (Å²) < 4.78 is 8.81. The van der Waals surface area contributed by atoms with Gasteiger partial charge in [0.2, 0.25) is 0 Å². The van der Waals surface area contributed by atoms with Crippen molar-refractivity contribution in [1.29, 1.82) is 0 Å². The van der Waals surface area contributed by atoms with E-state index >= 15 is 0 Å². The molecule has 0 unspecified atom stereocenters. The van der Waals surface area contributed by atoms with Gasteiger partial charge in [0.1, 0.15) is 11.4 Å². The van der Waals surface area contributed by atoms with Crippen LogP contribution in [0.4, 0.5) is 0 Å². The average Bonchev–Trinajstić information content (AvgIpc) is 3.33. The molecule has 4 rings (SSSR count). The molecular formula is C18H19N3O2. The van der Waals surface area contributed by atoms with Crippen LogP contribution in [0.15, 0.2) is 47.4 Å². The number of benzene rings is 1. The molecule has 0 amide bonds. The molecule has 1 saturated carbocycles. The number of ether oxygens (including phenoxy) is 1. The number of aryl methyl sites for hydroxylation is 2. The second-order valence-electron chi connectivity index (χ2n) is 6.06. The van der Waals surface area contributed by atoms with Crippen LogP contribution in [0.2, 0.25) is 0 Å². The smallest absolute Gasteiger partial charge is 0.274 e. The van der Waals surface area contributed by atoms with Crippen LogP contribution >= 0.6 is 0 Å². The topological polar surface area (TPSA) is 48.5 Å². The zero-order valence-electron chi connectivity index (χ0n) is 13.1. The van der Waals surface area contributed by atoms with Crippen LogP contribution in [0, 0.1) is 0 Å². The molecule has 0 radical (unpaired) electrons. The minimum atomic E-state index is -0.0624. The second kappa shape index (κ2) is 5.57. The average molecular weight is 309 g/mol. The zero-order valence-corrected chi connectivity index (χ0v) is 13.1. The van der Waals surface area contributed by atoms with Crippen molar-refractivity contribution in [3.63, 3.8) is 0 Å². The standard InChI is InChI=1S/C18H19N3O2/c1-23-15-6-2-13(3-7-15)8-10-20-11-9-18(22)21-17(20)12-16(19-21)14-4-5-14/h2-3,6-7,9,11-12,14H,4-5,8,10H2,1H3. The Morgan fingerprint density at radius 1 is 1.22 bits per heavy atom. The molecule has 2 heterocycles. The number of fused-ring (bicyclic) bond motifs is 1. The predicted molar refractivity (Wildman–Crippen MR) is 88.1 cm³/mol. The van der Waals surface area contributed by atoms with Crippen molar-refractivity contribution in [2.45, 2.75) is 31.7 Å². The lowest BCUT2D eigenvalue weighted by atomic mass is 10.1. The van der Waals surface area contributed by atoms with Crippen molar-refractivity contribution in [2.24, 2.45) is 0 Å². The normalized spacial score (nSPS) is 14.3. The van der Waals surface area contributed by atoms with Crippen molar-refractivity contribution >= 4 is 5.65 Å². The molecule has 3 aromatic rings. The maximum atomic E-state index is 12.0. The zero-order chi connectivity index (χ0) is 15.8. The minimum Gasteiger partial charge on any atom is -0.497 e. The highest BCUT2D eigenvalue weighted by Crippen LogP contribution is 2.39. The number of aromatic nitrogens is 3. The van der Waals surface area contributed by atoms with Crippen molar-refractivity contribution in [3.8, 4) is 5.75 Å². The third-order valence-electron chi connectivity index (χ3n) is 4.41. The van der Waals surface area contributed by atoms with Gasteiger partial charge < -0.3 is 9.30 Å². The highest BCUT2D eigenvalue weighted by Gasteiger charge is 2.27. The van der Waals surface area contributed by atoms with E-state index in [1.165, 1.54) is 22.9 Å². The molecule has 23 heavy (non-hydrogen) atoms. The van der Waals surface area contributed by atoms with Crippen molar-refractivity contribution in [3.05, 3.63) is 64.2 Å². The van der Waals surface area contributed by atoms with Gasteiger partial charge in [-0.15, -0.1) is 0 Å².